The summed E-state index contributed by atoms with van der Waals surface area (Å²) in [5.41, 5.74) is 0.689. The van der Waals surface area contributed by atoms with Crippen LogP contribution in [0, 0.1) is 0 Å². The molecule has 0 aliphatic carbocycles. The van der Waals surface area contributed by atoms with Gasteiger partial charge in [-0.05, 0) is 6.42 Å². The van der Waals surface area contributed by atoms with Gasteiger partial charge in [0.25, 0.3) is 0 Å². The SMILES string of the molecule is C=C1C[C@@H](COC)N(C)C1=O. The summed E-state index contributed by atoms with van der Waals surface area (Å²) in [6.45, 7) is 4.27. The minimum Gasteiger partial charge on any atom is -0.383 e. The molecule has 0 saturated carbocycles. The number of carbonyl (C=O) groups excluding carboxylic acids is 1. The molecule has 0 aromatic heterocycles. The zero-order chi connectivity index (χ0) is 8.43. The van der Waals surface area contributed by atoms with Gasteiger partial charge in [0.2, 0.25) is 5.91 Å². The van der Waals surface area contributed by atoms with E-state index in [4.69, 9.17) is 4.74 Å². The van der Waals surface area contributed by atoms with Crippen molar-refractivity contribution in [2.75, 3.05) is 20.8 Å². The molecule has 0 unspecified atom stereocenters. The summed E-state index contributed by atoms with van der Waals surface area (Å²) >= 11 is 0. The van der Waals surface area contributed by atoms with E-state index in [1.165, 1.54) is 0 Å². The van der Waals surface area contributed by atoms with E-state index >= 15 is 0 Å². The molecule has 1 aliphatic heterocycles. The predicted molar refractivity (Wildman–Crippen MR) is 42.2 cm³/mol. The van der Waals surface area contributed by atoms with Gasteiger partial charge in [-0.1, -0.05) is 6.58 Å². The van der Waals surface area contributed by atoms with E-state index in [1.807, 2.05) is 0 Å². The Kier molecular flexibility index (Phi) is 2.29. The third kappa shape index (κ3) is 1.43. The lowest BCUT2D eigenvalue weighted by atomic mass is 10.2. The predicted octanol–water partition coefficient (Wildman–Crippen LogP) is 0.420. The van der Waals surface area contributed by atoms with E-state index in [-0.39, 0.29) is 11.9 Å². The van der Waals surface area contributed by atoms with Gasteiger partial charge in [-0.15, -0.1) is 0 Å². The Hall–Kier alpha value is -0.830. The molecule has 0 spiro atoms. The summed E-state index contributed by atoms with van der Waals surface area (Å²) in [6.07, 6.45) is 0.739. The van der Waals surface area contributed by atoms with Gasteiger partial charge >= 0.3 is 0 Å². The molecule has 1 heterocycles. The lowest BCUT2D eigenvalue weighted by Crippen LogP contribution is -2.31. The average Bonchev–Trinajstić information content (AvgIpc) is 2.19. The molecule has 62 valence electrons. The molecule has 1 rings (SSSR count). The Morgan fingerprint density at radius 3 is 2.82 bits per heavy atom. The number of amides is 1. The molecule has 1 amide bonds. The highest BCUT2D eigenvalue weighted by molar-refractivity contribution is 5.95. The van der Waals surface area contributed by atoms with Crippen LogP contribution in [0.25, 0.3) is 0 Å². The maximum absolute atomic E-state index is 11.2. The van der Waals surface area contributed by atoms with Crippen LogP contribution in [0.1, 0.15) is 6.42 Å². The van der Waals surface area contributed by atoms with Crippen molar-refractivity contribution in [2.24, 2.45) is 0 Å². The molecule has 0 aromatic carbocycles. The van der Waals surface area contributed by atoms with E-state index in [9.17, 15) is 4.79 Å². The largest absolute Gasteiger partial charge is 0.383 e. The summed E-state index contributed by atoms with van der Waals surface area (Å²) in [5, 5.41) is 0. The number of nitrogens with zero attached hydrogens (tertiary/aromatic N) is 1. The minimum atomic E-state index is 0.0482. The van der Waals surface area contributed by atoms with Crippen molar-refractivity contribution in [3.8, 4) is 0 Å². The highest BCUT2D eigenvalue weighted by Crippen LogP contribution is 2.20. The second-order valence-electron chi connectivity index (χ2n) is 2.83. The molecule has 3 heteroatoms. The van der Waals surface area contributed by atoms with Gasteiger partial charge in [-0.25, -0.2) is 0 Å². The quantitative estimate of drug-likeness (QED) is 0.541. The van der Waals surface area contributed by atoms with Crippen molar-refractivity contribution in [2.45, 2.75) is 12.5 Å². The van der Waals surface area contributed by atoms with E-state index in [1.54, 1.807) is 19.1 Å². The molecular weight excluding hydrogens is 142 g/mol. The maximum Gasteiger partial charge on any atom is 0.249 e. The van der Waals surface area contributed by atoms with Crippen LogP contribution in [-0.2, 0) is 9.53 Å². The molecule has 3 nitrogen and oxygen atoms in total. The van der Waals surface area contributed by atoms with Gasteiger partial charge in [0.1, 0.15) is 0 Å². The van der Waals surface area contributed by atoms with Crippen LogP contribution in [0.3, 0.4) is 0 Å². The zero-order valence-corrected chi connectivity index (χ0v) is 6.96. The van der Waals surface area contributed by atoms with Crippen LogP contribution >= 0.6 is 0 Å². The summed E-state index contributed by atoms with van der Waals surface area (Å²) < 4.78 is 4.96. The van der Waals surface area contributed by atoms with E-state index in [2.05, 4.69) is 6.58 Å². The number of rotatable bonds is 2. The second-order valence-corrected chi connectivity index (χ2v) is 2.83. The fourth-order valence-electron chi connectivity index (χ4n) is 1.29. The number of likely N-dealkylation sites (N-methyl/N-ethyl adjacent to an activating group) is 1. The van der Waals surface area contributed by atoms with Crippen molar-refractivity contribution in [3.05, 3.63) is 12.2 Å². The van der Waals surface area contributed by atoms with Crippen molar-refractivity contribution < 1.29 is 9.53 Å². The van der Waals surface area contributed by atoms with Crippen LogP contribution in [0.2, 0.25) is 0 Å². The minimum absolute atomic E-state index is 0.0482. The van der Waals surface area contributed by atoms with Gasteiger partial charge < -0.3 is 9.64 Å². The maximum atomic E-state index is 11.2. The van der Waals surface area contributed by atoms with Gasteiger partial charge in [0.05, 0.1) is 12.6 Å². The van der Waals surface area contributed by atoms with Crippen molar-refractivity contribution in [1.29, 1.82) is 0 Å². The molecule has 1 fully saturated rings. The Balaban J connectivity index is 2.59. The molecule has 0 radical (unpaired) electrons. The van der Waals surface area contributed by atoms with Crippen LogP contribution in [-0.4, -0.2) is 37.6 Å². The molecule has 0 bridgehead atoms. The summed E-state index contributed by atoms with van der Waals surface area (Å²) in [4.78, 5) is 12.8. The molecule has 1 saturated heterocycles. The third-order valence-electron chi connectivity index (χ3n) is 2.01. The molecular formula is C8H13NO2. The Morgan fingerprint density at radius 2 is 2.45 bits per heavy atom. The fraction of sp³-hybridized carbons (Fsp3) is 0.625. The monoisotopic (exact) mass is 155 g/mol. The first-order chi connectivity index (χ1) is 5.16. The van der Waals surface area contributed by atoms with Crippen molar-refractivity contribution in [1.82, 2.24) is 4.90 Å². The molecule has 0 N–H and O–H groups in total. The van der Waals surface area contributed by atoms with Gasteiger partial charge in [0.15, 0.2) is 0 Å². The zero-order valence-electron chi connectivity index (χ0n) is 6.96. The number of likely N-dealkylation sites (tertiary alicyclic amines) is 1. The van der Waals surface area contributed by atoms with Crippen LogP contribution in [0.15, 0.2) is 12.2 Å². The summed E-state index contributed by atoms with van der Waals surface area (Å²) in [5.74, 6) is 0.0482. The number of hydrogen-bond acceptors (Lipinski definition) is 2. The molecule has 11 heavy (non-hydrogen) atoms. The molecule has 1 aliphatic rings. The number of methoxy groups -OCH3 is 1. The van der Waals surface area contributed by atoms with Gasteiger partial charge in [0, 0.05) is 19.7 Å². The summed E-state index contributed by atoms with van der Waals surface area (Å²) in [6, 6.07) is 0.194. The normalized spacial score (nSPS) is 24.9. The first-order valence-electron chi connectivity index (χ1n) is 3.60. The third-order valence-corrected chi connectivity index (χ3v) is 2.01. The van der Waals surface area contributed by atoms with E-state index < -0.39 is 0 Å². The highest BCUT2D eigenvalue weighted by Gasteiger charge is 2.30. The lowest BCUT2D eigenvalue weighted by molar-refractivity contribution is -0.125. The Labute approximate surface area is 66.6 Å². The highest BCUT2D eigenvalue weighted by atomic mass is 16.5. The topological polar surface area (TPSA) is 29.5 Å². The lowest BCUT2D eigenvalue weighted by Gasteiger charge is -2.17. The summed E-state index contributed by atoms with van der Waals surface area (Å²) in [7, 11) is 3.42. The first kappa shape index (κ1) is 8.27. The molecule has 0 aromatic rings. The number of hydrogen-bond donors (Lipinski definition) is 0. The Morgan fingerprint density at radius 1 is 1.82 bits per heavy atom. The fourth-order valence-corrected chi connectivity index (χ4v) is 1.29. The van der Waals surface area contributed by atoms with E-state index in [0.717, 1.165) is 6.42 Å². The number of carbonyl (C=O) groups is 1. The van der Waals surface area contributed by atoms with Gasteiger partial charge in [-0.2, -0.15) is 0 Å². The van der Waals surface area contributed by atoms with Crippen molar-refractivity contribution in [3.63, 3.8) is 0 Å². The Bertz CT molecular complexity index is 189. The number of ether oxygens (including phenoxy) is 1. The first-order valence-corrected chi connectivity index (χ1v) is 3.60. The van der Waals surface area contributed by atoms with E-state index in [0.29, 0.717) is 12.2 Å². The van der Waals surface area contributed by atoms with Crippen LogP contribution < -0.4 is 0 Å². The van der Waals surface area contributed by atoms with Gasteiger partial charge in [-0.3, -0.25) is 4.79 Å². The van der Waals surface area contributed by atoms with Crippen LogP contribution in [0.5, 0.6) is 0 Å². The standard InChI is InChI=1S/C8H13NO2/c1-6-4-7(5-11-3)9(2)8(6)10/h7H,1,4-5H2,2-3H3/t7-/m0/s1. The van der Waals surface area contributed by atoms with Crippen molar-refractivity contribution >= 4 is 5.91 Å². The smallest absolute Gasteiger partial charge is 0.249 e. The molecule has 1 atom stereocenters. The average molecular weight is 155 g/mol. The van der Waals surface area contributed by atoms with Crippen LogP contribution in [0.4, 0.5) is 0 Å². The second kappa shape index (κ2) is 3.05.